The van der Waals surface area contributed by atoms with Crippen molar-refractivity contribution in [3.8, 4) is 5.75 Å². The second-order valence-corrected chi connectivity index (χ2v) is 6.15. The van der Waals surface area contributed by atoms with Crippen LogP contribution in [0.2, 0.25) is 0 Å². The van der Waals surface area contributed by atoms with E-state index in [9.17, 15) is 14.4 Å². The molecule has 2 aromatic rings. The number of benzene rings is 2. The van der Waals surface area contributed by atoms with Crippen molar-refractivity contribution < 1.29 is 19.1 Å². The number of hydrogen-bond donors (Lipinski definition) is 2. The zero-order valence-corrected chi connectivity index (χ0v) is 16.1. The lowest BCUT2D eigenvalue weighted by atomic mass is 10.2. The lowest BCUT2D eigenvalue weighted by Gasteiger charge is -2.21. The Morgan fingerprint density at radius 1 is 0.964 bits per heavy atom. The Morgan fingerprint density at radius 3 is 2.25 bits per heavy atom. The van der Waals surface area contributed by atoms with Crippen molar-refractivity contribution in [3.63, 3.8) is 0 Å². The number of nitrogens with one attached hydrogen (secondary N) is 2. The van der Waals surface area contributed by atoms with E-state index in [4.69, 9.17) is 4.74 Å². The molecular formula is C21H25N3O4. The summed E-state index contributed by atoms with van der Waals surface area (Å²) in [7, 11) is 1.55. The van der Waals surface area contributed by atoms with Crippen molar-refractivity contribution in [2.75, 3.05) is 32.1 Å². The summed E-state index contributed by atoms with van der Waals surface area (Å²) in [6.07, 6.45) is 0.712. The molecule has 0 aliphatic carbocycles. The third-order valence-corrected chi connectivity index (χ3v) is 3.96. The third-order valence-electron chi connectivity index (χ3n) is 3.96. The molecule has 0 aliphatic rings. The fraction of sp³-hybridized carbons (Fsp3) is 0.286. The maximum Gasteiger partial charge on any atom is 0.254 e. The maximum atomic E-state index is 12.7. The minimum atomic E-state index is -0.390. The van der Waals surface area contributed by atoms with Gasteiger partial charge in [-0.3, -0.25) is 14.4 Å². The van der Waals surface area contributed by atoms with Crippen molar-refractivity contribution in [3.05, 3.63) is 60.2 Å². The molecule has 0 unspecified atom stereocenters. The number of carbonyl (C=O) groups is 3. The van der Waals surface area contributed by atoms with Gasteiger partial charge in [-0.2, -0.15) is 0 Å². The van der Waals surface area contributed by atoms with E-state index in [0.717, 1.165) is 0 Å². The van der Waals surface area contributed by atoms with Gasteiger partial charge in [0.15, 0.2) is 0 Å². The van der Waals surface area contributed by atoms with Crippen LogP contribution in [0.25, 0.3) is 0 Å². The molecule has 148 valence electrons. The number of methoxy groups -OCH3 is 1. The van der Waals surface area contributed by atoms with Gasteiger partial charge in [-0.15, -0.1) is 0 Å². The highest BCUT2D eigenvalue weighted by atomic mass is 16.5. The molecular weight excluding hydrogens is 358 g/mol. The highest BCUT2D eigenvalue weighted by Crippen LogP contribution is 2.13. The number of amides is 3. The third kappa shape index (κ3) is 6.42. The van der Waals surface area contributed by atoms with E-state index in [1.165, 1.54) is 4.90 Å². The summed E-state index contributed by atoms with van der Waals surface area (Å²) in [6.45, 7) is 2.09. The monoisotopic (exact) mass is 383 g/mol. The van der Waals surface area contributed by atoms with Gasteiger partial charge >= 0.3 is 0 Å². The second kappa shape index (κ2) is 10.7. The molecule has 0 saturated carbocycles. The van der Waals surface area contributed by atoms with Crippen LogP contribution in [0.1, 0.15) is 23.7 Å². The van der Waals surface area contributed by atoms with E-state index >= 15 is 0 Å². The molecule has 0 radical (unpaired) electrons. The van der Waals surface area contributed by atoms with Gasteiger partial charge in [0.25, 0.3) is 5.91 Å². The Balaban J connectivity index is 1.88. The molecule has 3 amide bonds. The van der Waals surface area contributed by atoms with Gasteiger partial charge in [-0.05, 0) is 42.8 Å². The summed E-state index contributed by atoms with van der Waals surface area (Å²) in [5.74, 6) is -0.309. The lowest BCUT2D eigenvalue weighted by molar-refractivity contribution is -0.124. The molecule has 0 spiro atoms. The summed E-state index contributed by atoms with van der Waals surface area (Å²) in [6, 6.07) is 15.7. The number of ether oxygens (including phenoxy) is 1. The SMILES string of the molecule is CCCN(CC(=O)NCC(=O)Nc1ccccc1)C(=O)c1ccc(OC)cc1. The molecule has 28 heavy (non-hydrogen) atoms. The van der Waals surface area contributed by atoms with Crippen LogP contribution < -0.4 is 15.4 Å². The topological polar surface area (TPSA) is 87.7 Å². The first-order valence-corrected chi connectivity index (χ1v) is 9.08. The van der Waals surface area contributed by atoms with E-state index in [1.807, 2.05) is 25.1 Å². The summed E-state index contributed by atoms with van der Waals surface area (Å²) in [5.41, 5.74) is 1.13. The summed E-state index contributed by atoms with van der Waals surface area (Å²) in [4.78, 5) is 38.3. The van der Waals surface area contributed by atoms with Crippen LogP contribution in [-0.4, -0.2) is 49.4 Å². The summed E-state index contributed by atoms with van der Waals surface area (Å²) in [5, 5.41) is 5.24. The van der Waals surface area contributed by atoms with Gasteiger partial charge in [-0.25, -0.2) is 0 Å². The van der Waals surface area contributed by atoms with Gasteiger partial charge in [0.2, 0.25) is 11.8 Å². The number of nitrogens with zero attached hydrogens (tertiary/aromatic N) is 1. The van der Waals surface area contributed by atoms with Crippen LogP contribution in [0.4, 0.5) is 5.69 Å². The standard InChI is InChI=1S/C21H25N3O4/c1-3-13-24(21(27)16-9-11-18(28-2)12-10-16)15-20(26)22-14-19(25)23-17-7-5-4-6-8-17/h4-12H,3,13-15H2,1-2H3,(H,22,26)(H,23,25). The number of carbonyl (C=O) groups excluding carboxylic acids is 3. The molecule has 0 saturated heterocycles. The summed E-state index contributed by atoms with van der Waals surface area (Å²) < 4.78 is 5.09. The second-order valence-electron chi connectivity index (χ2n) is 6.15. The fourth-order valence-corrected chi connectivity index (χ4v) is 2.57. The molecule has 2 N–H and O–H groups in total. The van der Waals surface area contributed by atoms with Crippen LogP contribution in [0.15, 0.2) is 54.6 Å². The van der Waals surface area contributed by atoms with E-state index < -0.39 is 5.91 Å². The zero-order chi connectivity index (χ0) is 20.4. The first-order valence-electron chi connectivity index (χ1n) is 9.08. The van der Waals surface area contributed by atoms with Crippen molar-refractivity contribution in [1.82, 2.24) is 10.2 Å². The molecule has 2 aromatic carbocycles. The van der Waals surface area contributed by atoms with Crippen molar-refractivity contribution in [2.24, 2.45) is 0 Å². The molecule has 0 aromatic heterocycles. The largest absolute Gasteiger partial charge is 0.497 e. The number of anilines is 1. The Hall–Kier alpha value is -3.35. The first kappa shape index (κ1) is 21.0. The molecule has 0 atom stereocenters. The molecule has 2 rings (SSSR count). The van der Waals surface area contributed by atoms with Gasteiger partial charge in [-0.1, -0.05) is 25.1 Å². The predicted octanol–water partition coefficient (Wildman–Crippen LogP) is 2.30. The highest BCUT2D eigenvalue weighted by molar-refractivity contribution is 5.98. The molecule has 0 heterocycles. The van der Waals surface area contributed by atoms with E-state index in [1.54, 1.807) is 43.5 Å². The molecule has 7 nitrogen and oxygen atoms in total. The van der Waals surface area contributed by atoms with Crippen LogP contribution in [0.5, 0.6) is 5.75 Å². The highest BCUT2D eigenvalue weighted by Gasteiger charge is 2.18. The molecule has 0 fully saturated rings. The van der Waals surface area contributed by atoms with E-state index in [0.29, 0.717) is 30.0 Å². The Bertz CT molecular complexity index is 791. The normalized spacial score (nSPS) is 10.1. The fourth-order valence-electron chi connectivity index (χ4n) is 2.57. The average molecular weight is 383 g/mol. The van der Waals surface area contributed by atoms with Crippen LogP contribution in [0, 0.1) is 0 Å². The van der Waals surface area contributed by atoms with Crippen LogP contribution in [0.3, 0.4) is 0 Å². The first-order chi connectivity index (χ1) is 13.5. The van der Waals surface area contributed by atoms with Crippen molar-refractivity contribution in [1.29, 1.82) is 0 Å². The summed E-state index contributed by atoms with van der Waals surface area (Å²) >= 11 is 0. The lowest BCUT2D eigenvalue weighted by Crippen LogP contribution is -2.43. The molecule has 0 bridgehead atoms. The van der Waals surface area contributed by atoms with Gasteiger partial charge in [0, 0.05) is 17.8 Å². The molecule has 0 aliphatic heterocycles. The quantitative estimate of drug-likeness (QED) is 0.696. The van der Waals surface area contributed by atoms with Crippen LogP contribution in [-0.2, 0) is 9.59 Å². The van der Waals surface area contributed by atoms with Gasteiger partial charge in [0.05, 0.1) is 20.2 Å². The zero-order valence-electron chi connectivity index (χ0n) is 16.1. The predicted molar refractivity (Wildman–Crippen MR) is 107 cm³/mol. The van der Waals surface area contributed by atoms with E-state index in [2.05, 4.69) is 10.6 Å². The van der Waals surface area contributed by atoms with Gasteiger partial charge in [0.1, 0.15) is 5.75 Å². The Labute approximate surface area is 164 Å². The maximum absolute atomic E-state index is 12.7. The molecule has 7 heteroatoms. The van der Waals surface area contributed by atoms with Gasteiger partial charge < -0.3 is 20.3 Å². The van der Waals surface area contributed by atoms with Crippen LogP contribution >= 0.6 is 0 Å². The number of hydrogen-bond acceptors (Lipinski definition) is 4. The van der Waals surface area contributed by atoms with Crippen molar-refractivity contribution in [2.45, 2.75) is 13.3 Å². The Kier molecular flexibility index (Phi) is 8.02. The number of para-hydroxylation sites is 1. The smallest absolute Gasteiger partial charge is 0.254 e. The number of rotatable bonds is 9. The minimum Gasteiger partial charge on any atom is -0.497 e. The minimum absolute atomic E-state index is 0.114. The Morgan fingerprint density at radius 2 is 1.64 bits per heavy atom. The average Bonchev–Trinajstić information content (AvgIpc) is 2.72. The van der Waals surface area contributed by atoms with E-state index in [-0.39, 0.29) is 24.9 Å². The van der Waals surface area contributed by atoms with Crippen molar-refractivity contribution >= 4 is 23.4 Å².